The van der Waals surface area contributed by atoms with E-state index in [1.807, 2.05) is 0 Å². The number of aryl methyl sites for hydroxylation is 1. The Morgan fingerprint density at radius 2 is 0.817 bits per heavy atom. The van der Waals surface area contributed by atoms with E-state index in [0.717, 1.165) is 34.1 Å². The zero-order chi connectivity index (χ0) is 58.0. The summed E-state index contributed by atoms with van der Waals surface area (Å²) in [4.78, 5) is 7.73. The second kappa shape index (κ2) is 19.6. The summed E-state index contributed by atoms with van der Waals surface area (Å²) in [7, 11) is 2.31. The van der Waals surface area contributed by atoms with Crippen LogP contribution in [0, 0.1) is 0 Å². The van der Waals surface area contributed by atoms with Gasteiger partial charge in [0.1, 0.15) is 0 Å². The largest absolute Gasteiger partial charge is 0.353 e. The molecule has 0 spiro atoms. The van der Waals surface area contributed by atoms with E-state index in [4.69, 9.17) is 0 Å². The molecular formula is C77H81BN4. The van der Waals surface area contributed by atoms with Crippen molar-refractivity contribution < 1.29 is 0 Å². The van der Waals surface area contributed by atoms with E-state index in [2.05, 4.69) is 330 Å². The number of nitrogens with zero attached hydrogens (tertiary/aromatic N) is 4. The van der Waals surface area contributed by atoms with Crippen molar-refractivity contribution in [3.63, 3.8) is 0 Å². The Bertz CT molecular complexity index is 4040. The molecule has 3 heterocycles. The molecule has 82 heavy (non-hydrogen) atoms. The van der Waals surface area contributed by atoms with E-state index in [1.165, 1.54) is 94.6 Å². The summed E-state index contributed by atoms with van der Waals surface area (Å²) < 4.78 is 2.52. The van der Waals surface area contributed by atoms with Gasteiger partial charge in [-0.25, -0.2) is 0 Å². The van der Waals surface area contributed by atoms with E-state index in [-0.39, 0.29) is 33.8 Å². The number of hydrogen-bond acceptors (Lipinski definition) is 3. The van der Waals surface area contributed by atoms with Crippen LogP contribution in [0.4, 0.5) is 51.2 Å². The summed E-state index contributed by atoms with van der Waals surface area (Å²) in [5.74, 6) is 0. The Labute approximate surface area is 490 Å². The van der Waals surface area contributed by atoms with Gasteiger partial charge in [0, 0.05) is 68.9 Å². The summed E-state index contributed by atoms with van der Waals surface area (Å²) >= 11 is 0. The van der Waals surface area contributed by atoms with Crippen molar-refractivity contribution in [3.8, 4) is 22.3 Å². The molecule has 0 saturated heterocycles. The lowest BCUT2D eigenvalue weighted by Crippen LogP contribution is -2.62. The van der Waals surface area contributed by atoms with Gasteiger partial charge in [0.15, 0.2) is 0 Å². The Morgan fingerprint density at radius 3 is 1.35 bits per heavy atom. The monoisotopic (exact) mass is 1070 g/mol. The van der Waals surface area contributed by atoms with Gasteiger partial charge in [-0.2, -0.15) is 0 Å². The molecule has 4 nitrogen and oxygen atoms in total. The predicted molar refractivity (Wildman–Crippen MR) is 356 cm³/mol. The van der Waals surface area contributed by atoms with Crippen LogP contribution in [0.2, 0.25) is 0 Å². The molecule has 0 amide bonds. The molecule has 412 valence electrons. The first-order chi connectivity index (χ1) is 38.8. The number of aromatic nitrogens is 1. The molecular weight excluding hydrogens is 992 g/mol. The van der Waals surface area contributed by atoms with E-state index in [1.54, 1.807) is 0 Å². The first-order valence-corrected chi connectivity index (χ1v) is 29.7. The number of rotatable bonds is 7. The van der Waals surface area contributed by atoms with Crippen molar-refractivity contribution in [1.29, 1.82) is 0 Å². The van der Waals surface area contributed by atoms with Crippen LogP contribution < -0.4 is 31.2 Å². The first-order valence-electron chi connectivity index (χ1n) is 29.7. The number of fused-ring (bicyclic) bond motifs is 6. The Balaban J connectivity index is 1.20. The SMILES string of the molecule is Cn1c2c(c3cc(C(C)(C)C)ccc31)N(c1ccc(C(C)(C)C)cc1)c1cc(-c3ccccc3)cc3c1B2c1ccc(N(c2ccc(C(C)(C)C)cc2)c2ccc(C(C)(C)C)cc2-c2ccccc2)cc1N3c1ccc(C(C)(C)C)cc1. The fraction of sp³-hybridized carbons (Fsp3) is 0.273. The van der Waals surface area contributed by atoms with Crippen LogP contribution in [0.1, 0.15) is 132 Å². The highest BCUT2D eigenvalue weighted by Gasteiger charge is 2.47. The van der Waals surface area contributed by atoms with Gasteiger partial charge in [-0.05, 0) is 167 Å². The van der Waals surface area contributed by atoms with E-state index in [0.29, 0.717) is 0 Å². The zero-order valence-electron chi connectivity index (χ0n) is 51.4. The highest BCUT2D eigenvalue weighted by Crippen LogP contribution is 2.51. The third kappa shape index (κ3) is 9.54. The van der Waals surface area contributed by atoms with Crippen molar-refractivity contribution in [3.05, 3.63) is 228 Å². The summed E-state index contributed by atoms with van der Waals surface area (Å²) in [6.45, 7) is 34.6. The van der Waals surface area contributed by atoms with E-state index in [9.17, 15) is 0 Å². The van der Waals surface area contributed by atoms with Crippen LogP contribution in [0.5, 0.6) is 0 Å². The van der Waals surface area contributed by atoms with Crippen LogP contribution in [0.15, 0.2) is 200 Å². The van der Waals surface area contributed by atoms with Crippen LogP contribution in [-0.4, -0.2) is 11.3 Å². The molecule has 5 heteroatoms. The standard InChI is InChI=1S/C77H81BN4/c1-73(2,3)53-27-35-58(36-28-53)80(66-44-34-56(76(10,11)12)47-62(66)51-25-21-18-22-26-51)61-41-42-64-67(49-61)81(59-37-29-54(30-38-59)74(4,5)6)68-45-52(50-23-19-17-20-24-50)46-69-70(68)78(64)72-71(82(69)60-39-31-55(32-40-60)75(7,8)9)63-48-57(77(13,14)15)33-43-65(63)79(72)16/h17-49H,1-16H3. The van der Waals surface area contributed by atoms with Crippen LogP contribution in [-0.2, 0) is 34.1 Å². The Morgan fingerprint density at radius 1 is 0.366 bits per heavy atom. The lowest BCUT2D eigenvalue weighted by Gasteiger charge is -2.44. The first kappa shape index (κ1) is 54.6. The predicted octanol–water partition coefficient (Wildman–Crippen LogP) is 19.6. The molecule has 1 aromatic heterocycles. The quantitative estimate of drug-likeness (QED) is 0.148. The minimum absolute atomic E-state index is 0.000180. The average Bonchev–Trinajstić information content (AvgIpc) is 1.69. The molecule has 10 aromatic rings. The molecule has 0 unspecified atom stereocenters. The molecule has 0 N–H and O–H groups in total. The molecule has 0 fully saturated rings. The minimum Gasteiger partial charge on any atom is -0.353 e. The summed E-state index contributed by atoms with van der Waals surface area (Å²) in [6, 6.07) is 76.9. The van der Waals surface area contributed by atoms with Crippen LogP contribution in [0.25, 0.3) is 33.2 Å². The van der Waals surface area contributed by atoms with Crippen molar-refractivity contribution >= 4 is 85.3 Å². The van der Waals surface area contributed by atoms with Crippen molar-refractivity contribution in [2.75, 3.05) is 14.7 Å². The molecule has 12 rings (SSSR count). The van der Waals surface area contributed by atoms with Crippen LogP contribution in [0.3, 0.4) is 0 Å². The minimum atomic E-state index is -0.120. The van der Waals surface area contributed by atoms with Gasteiger partial charge in [0.05, 0.1) is 11.4 Å². The highest BCUT2D eigenvalue weighted by atomic mass is 15.2. The fourth-order valence-corrected chi connectivity index (χ4v) is 12.7. The topological polar surface area (TPSA) is 14.7 Å². The maximum absolute atomic E-state index is 2.62. The molecule has 0 saturated carbocycles. The second-order valence-corrected chi connectivity index (χ2v) is 28.5. The van der Waals surface area contributed by atoms with Gasteiger partial charge in [-0.3, -0.25) is 0 Å². The molecule has 2 aliphatic rings. The van der Waals surface area contributed by atoms with Gasteiger partial charge in [0.2, 0.25) is 0 Å². The number of hydrogen-bond donors (Lipinski definition) is 0. The molecule has 0 radical (unpaired) electrons. The normalized spacial score (nSPS) is 13.5. The molecule has 9 aromatic carbocycles. The lowest BCUT2D eigenvalue weighted by molar-refractivity contribution is 0.590. The Hall–Kier alpha value is -8.02. The van der Waals surface area contributed by atoms with Gasteiger partial charge >= 0.3 is 0 Å². The van der Waals surface area contributed by atoms with Gasteiger partial charge in [-0.1, -0.05) is 219 Å². The maximum Gasteiger partial charge on any atom is 0.272 e. The van der Waals surface area contributed by atoms with Crippen molar-refractivity contribution in [2.45, 2.75) is 131 Å². The summed E-state index contributed by atoms with van der Waals surface area (Å²) in [5, 5.41) is 1.26. The maximum atomic E-state index is 2.62. The average molecular weight is 1070 g/mol. The smallest absolute Gasteiger partial charge is 0.272 e. The number of anilines is 9. The van der Waals surface area contributed by atoms with E-state index >= 15 is 0 Å². The summed E-state index contributed by atoms with van der Waals surface area (Å²) in [5.41, 5.74) is 26.6. The molecule has 2 aliphatic heterocycles. The molecule has 0 bridgehead atoms. The van der Waals surface area contributed by atoms with Crippen molar-refractivity contribution in [1.82, 2.24) is 4.57 Å². The second-order valence-electron chi connectivity index (χ2n) is 28.5. The number of benzene rings is 9. The van der Waals surface area contributed by atoms with Gasteiger partial charge in [0.25, 0.3) is 6.71 Å². The Kier molecular flexibility index (Phi) is 13.0. The van der Waals surface area contributed by atoms with E-state index < -0.39 is 0 Å². The summed E-state index contributed by atoms with van der Waals surface area (Å²) in [6.07, 6.45) is 0. The molecule has 0 aliphatic carbocycles. The van der Waals surface area contributed by atoms with Gasteiger partial charge < -0.3 is 19.3 Å². The highest BCUT2D eigenvalue weighted by molar-refractivity contribution is 7.00. The third-order valence-electron chi connectivity index (χ3n) is 17.6. The zero-order valence-corrected chi connectivity index (χ0v) is 51.4. The molecule has 0 atom stereocenters. The van der Waals surface area contributed by atoms with Crippen LogP contribution >= 0.6 is 0 Å². The third-order valence-corrected chi connectivity index (χ3v) is 17.6. The van der Waals surface area contributed by atoms with Gasteiger partial charge in [-0.15, -0.1) is 0 Å². The van der Waals surface area contributed by atoms with Crippen molar-refractivity contribution in [2.24, 2.45) is 7.05 Å². The lowest BCUT2D eigenvalue weighted by atomic mass is 9.35. The fourth-order valence-electron chi connectivity index (χ4n) is 12.7.